The topological polar surface area (TPSA) is 71.1 Å². The lowest BCUT2D eigenvalue weighted by atomic mass is 9.75. The molecular weight excluding hydrogens is 549 g/mol. The molecule has 2 heterocycles. The monoisotopic (exact) mass is 587 g/mol. The van der Waals surface area contributed by atoms with Gasteiger partial charge in [0.05, 0.1) is 30.3 Å². The second-order valence-corrected chi connectivity index (χ2v) is 12.2. The molecule has 0 unspecified atom stereocenters. The molecular formula is C31H39Cl2N3O4. The summed E-state index contributed by atoms with van der Waals surface area (Å²) in [6.07, 6.45) is 8.03. The zero-order chi connectivity index (χ0) is 28.3. The average molecular weight is 589 g/mol. The predicted octanol–water partition coefficient (Wildman–Crippen LogP) is 7.01. The third kappa shape index (κ3) is 5.87. The molecule has 0 bridgehead atoms. The number of amides is 3. The van der Waals surface area contributed by atoms with Crippen LogP contribution >= 0.6 is 23.2 Å². The summed E-state index contributed by atoms with van der Waals surface area (Å²) in [4.78, 5) is 30.9. The third-order valence-corrected chi connectivity index (χ3v) is 9.85. The highest BCUT2D eigenvalue weighted by molar-refractivity contribution is 6.32. The Balaban J connectivity index is 1.13. The van der Waals surface area contributed by atoms with Crippen LogP contribution in [0.3, 0.4) is 0 Å². The Labute approximate surface area is 247 Å². The molecule has 40 heavy (non-hydrogen) atoms. The van der Waals surface area contributed by atoms with Crippen molar-refractivity contribution in [2.24, 2.45) is 11.8 Å². The van der Waals surface area contributed by atoms with E-state index < -0.39 is 5.41 Å². The lowest BCUT2D eigenvalue weighted by molar-refractivity contribution is -0.139. The fourth-order valence-electron chi connectivity index (χ4n) is 6.98. The van der Waals surface area contributed by atoms with E-state index in [1.807, 2.05) is 29.2 Å². The van der Waals surface area contributed by atoms with Crippen LogP contribution in [-0.2, 0) is 10.2 Å². The average Bonchev–Trinajstić information content (AvgIpc) is 3.49. The molecule has 216 valence electrons. The lowest BCUT2D eigenvalue weighted by Crippen LogP contribution is -2.50. The van der Waals surface area contributed by atoms with E-state index in [1.54, 1.807) is 19.2 Å². The normalized spacial score (nSPS) is 19.9. The predicted molar refractivity (Wildman–Crippen MR) is 159 cm³/mol. The van der Waals surface area contributed by atoms with Crippen molar-refractivity contribution in [3.8, 4) is 11.5 Å². The summed E-state index contributed by atoms with van der Waals surface area (Å²) < 4.78 is 10.7. The summed E-state index contributed by atoms with van der Waals surface area (Å²) in [5, 5.41) is 4.07. The van der Waals surface area contributed by atoms with Crippen LogP contribution in [0.1, 0.15) is 56.9 Å². The van der Waals surface area contributed by atoms with Crippen LogP contribution in [0.2, 0.25) is 10.0 Å². The summed E-state index contributed by atoms with van der Waals surface area (Å²) in [5.41, 5.74) is 1.24. The molecule has 1 saturated carbocycles. The van der Waals surface area contributed by atoms with Crippen LogP contribution < -0.4 is 14.8 Å². The maximum absolute atomic E-state index is 13.9. The van der Waals surface area contributed by atoms with Gasteiger partial charge in [-0.1, -0.05) is 48.2 Å². The molecule has 3 aliphatic rings. The van der Waals surface area contributed by atoms with E-state index in [0.29, 0.717) is 58.1 Å². The molecule has 0 atom stereocenters. The number of methoxy groups -OCH3 is 2. The fraction of sp³-hybridized carbons (Fsp3) is 0.548. The molecule has 2 aliphatic heterocycles. The molecule has 3 fully saturated rings. The Hall–Kier alpha value is -2.64. The first-order chi connectivity index (χ1) is 19.3. The van der Waals surface area contributed by atoms with Crippen molar-refractivity contribution in [3.05, 3.63) is 52.0 Å². The molecule has 2 aromatic carbocycles. The van der Waals surface area contributed by atoms with Crippen LogP contribution in [0.5, 0.6) is 11.5 Å². The minimum Gasteiger partial charge on any atom is -0.495 e. The molecule has 2 aromatic rings. The van der Waals surface area contributed by atoms with Crippen molar-refractivity contribution >= 4 is 40.8 Å². The second-order valence-electron chi connectivity index (χ2n) is 11.4. The summed E-state index contributed by atoms with van der Waals surface area (Å²) >= 11 is 12.4. The first kappa shape index (κ1) is 28.9. The van der Waals surface area contributed by atoms with Crippen molar-refractivity contribution in [1.82, 2.24) is 9.80 Å². The second kappa shape index (κ2) is 12.5. The molecule has 1 aliphatic carbocycles. The molecule has 0 radical (unpaired) electrons. The maximum atomic E-state index is 13.9. The van der Waals surface area contributed by atoms with Crippen LogP contribution in [-0.4, -0.2) is 62.1 Å². The number of nitrogens with zero attached hydrogens (tertiary/aromatic N) is 2. The van der Waals surface area contributed by atoms with Crippen molar-refractivity contribution < 1.29 is 19.1 Å². The highest BCUT2D eigenvalue weighted by Gasteiger charge is 2.45. The number of ether oxygens (including phenoxy) is 2. The standard InChI is InChI=1S/C31H39Cl2N3O4/c1-39-27-20-28(40-2)26(19-25(27)33)34-30(38)36-17-11-22(12-18-36)21-9-15-35(16-10-21)29(37)31(13-3-4-14-31)23-5-7-24(32)8-6-23/h5-8,19-22H,3-4,9-18H2,1-2H3,(H,34,38). The molecule has 2 saturated heterocycles. The van der Waals surface area contributed by atoms with Gasteiger partial charge in [0.15, 0.2) is 0 Å². The largest absolute Gasteiger partial charge is 0.495 e. The van der Waals surface area contributed by atoms with Gasteiger partial charge in [-0.15, -0.1) is 0 Å². The van der Waals surface area contributed by atoms with Crippen molar-refractivity contribution in [2.75, 3.05) is 45.7 Å². The minimum atomic E-state index is -0.396. The van der Waals surface area contributed by atoms with Gasteiger partial charge in [-0.3, -0.25) is 4.79 Å². The Morgan fingerprint density at radius 1 is 0.825 bits per heavy atom. The Morgan fingerprint density at radius 2 is 1.38 bits per heavy atom. The molecule has 1 N–H and O–H groups in total. The number of benzene rings is 2. The number of likely N-dealkylation sites (tertiary alicyclic amines) is 2. The SMILES string of the molecule is COc1cc(OC)c(NC(=O)N2CCC(C3CCN(C(=O)C4(c5ccc(Cl)cc5)CCCC4)CC3)CC2)cc1Cl. The number of piperidine rings is 2. The van der Waals surface area contributed by atoms with Gasteiger partial charge in [-0.05, 0) is 74.1 Å². The van der Waals surface area contributed by atoms with E-state index in [2.05, 4.69) is 10.2 Å². The number of carbonyl (C=O) groups is 2. The maximum Gasteiger partial charge on any atom is 0.321 e. The highest BCUT2D eigenvalue weighted by atomic mass is 35.5. The zero-order valence-electron chi connectivity index (χ0n) is 23.4. The number of halogens is 2. The molecule has 9 heteroatoms. The molecule has 0 aromatic heterocycles. The summed E-state index contributed by atoms with van der Waals surface area (Å²) in [7, 11) is 3.09. The smallest absolute Gasteiger partial charge is 0.321 e. The van der Waals surface area contributed by atoms with E-state index in [-0.39, 0.29) is 6.03 Å². The van der Waals surface area contributed by atoms with E-state index >= 15 is 0 Å². The molecule has 0 spiro atoms. The summed E-state index contributed by atoms with van der Waals surface area (Å²) in [6, 6.07) is 11.1. The van der Waals surface area contributed by atoms with Crippen molar-refractivity contribution in [2.45, 2.75) is 56.8 Å². The minimum absolute atomic E-state index is 0.150. The van der Waals surface area contributed by atoms with Crippen LogP contribution in [0.4, 0.5) is 10.5 Å². The third-order valence-electron chi connectivity index (χ3n) is 9.30. The van der Waals surface area contributed by atoms with Gasteiger partial charge in [0, 0.05) is 37.3 Å². The Bertz CT molecular complexity index is 1200. The number of anilines is 1. The summed E-state index contributed by atoms with van der Waals surface area (Å²) in [5.74, 6) is 2.45. The van der Waals surface area contributed by atoms with Gasteiger partial charge in [0.25, 0.3) is 0 Å². The van der Waals surface area contributed by atoms with E-state index in [4.69, 9.17) is 32.7 Å². The van der Waals surface area contributed by atoms with Gasteiger partial charge in [-0.2, -0.15) is 0 Å². The number of hydrogen-bond donors (Lipinski definition) is 1. The number of hydrogen-bond acceptors (Lipinski definition) is 4. The fourth-order valence-corrected chi connectivity index (χ4v) is 7.34. The number of urea groups is 1. The Morgan fingerprint density at radius 3 is 1.93 bits per heavy atom. The molecule has 3 amide bonds. The number of nitrogens with one attached hydrogen (secondary N) is 1. The molecule has 7 nitrogen and oxygen atoms in total. The Kier molecular flexibility index (Phi) is 9.01. The van der Waals surface area contributed by atoms with Gasteiger partial charge in [0.2, 0.25) is 5.91 Å². The van der Waals surface area contributed by atoms with Crippen molar-refractivity contribution in [3.63, 3.8) is 0 Å². The first-order valence-corrected chi connectivity index (χ1v) is 15.1. The first-order valence-electron chi connectivity index (χ1n) is 14.4. The summed E-state index contributed by atoms with van der Waals surface area (Å²) in [6.45, 7) is 3.05. The van der Waals surface area contributed by atoms with Crippen LogP contribution in [0.15, 0.2) is 36.4 Å². The number of rotatable bonds is 6. The van der Waals surface area contributed by atoms with Crippen LogP contribution in [0.25, 0.3) is 0 Å². The molecule has 5 rings (SSSR count). The quantitative estimate of drug-likeness (QED) is 0.394. The van der Waals surface area contributed by atoms with Crippen molar-refractivity contribution in [1.29, 1.82) is 0 Å². The van der Waals surface area contributed by atoms with Gasteiger partial charge >= 0.3 is 6.03 Å². The van der Waals surface area contributed by atoms with Gasteiger partial charge < -0.3 is 24.6 Å². The van der Waals surface area contributed by atoms with Gasteiger partial charge in [0.1, 0.15) is 11.5 Å². The van der Waals surface area contributed by atoms with E-state index in [9.17, 15) is 9.59 Å². The van der Waals surface area contributed by atoms with E-state index in [0.717, 1.165) is 70.0 Å². The highest BCUT2D eigenvalue weighted by Crippen LogP contribution is 2.44. The van der Waals surface area contributed by atoms with Gasteiger partial charge in [-0.25, -0.2) is 4.79 Å². The van der Waals surface area contributed by atoms with Crippen LogP contribution in [0, 0.1) is 11.8 Å². The number of carbonyl (C=O) groups excluding carboxylic acids is 2. The lowest BCUT2D eigenvalue weighted by Gasteiger charge is -2.42. The van der Waals surface area contributed by atoms with E-state index in [1.165, 1.54) is 7.11 Å². The zero-order valence-corrected chi connectivity index (χ0v) is 24.9.